The lowest BCUT2D eigenvalue weighted by Gasteiger charge is -2.27. The van der Waals surface area contributed by atoms with Crippen LogP contribution in [0.4, 0.5) is 27.6 Å². The van der Waals surface area contributed by atoms with E-state index < -0.39 is 47.3 Å². The van der Waals surface area contributed by atoms with Crippen LogP contribution in [0.2, 0.25) is 0 Å². The van der Waals surface area contributed by atoms with Gasteiger partial charge in [0, 0.05) is 23.9 Å². The topological polar surface area (TPSA) is 75.2 Å². The molecule has 2 heterocycles. The average molecular weight is 535 g/mol. The molecule has 1 aromatic heterocycles. The Bertz CT molecular complexity index is 1150. The van der Waals surface area contributed by atoms with E-state index in [1.165, 1.54) is 19.1 Å². The van der Waals surface area contributed by atoms with Crippen molar-refractivity contribution < 1.29 is 26.7 Å². The van der Waals surface area contributed by atoms with Crippen LogP contribution in [0.1, 0.15) is 66.6 Å². The van der Waals surface area contributed by atoms with Crippen LogP contribution >= 0.6 is 12.4 Å². The largest absolute Gasteiger partial charge is 0.381 e. The molecule has 198 valence electrons. The third-order valence-corrected chi connectivity index (χ3v) is 6.75. The van der Waals surface area contributed by atoms with Gasteiger partial charge in [-0.1, -0.05) is 18.2 Å². The summed E-state index contributed by atoms with van der Waals surface area (Å²) in [6, 6.07) is 3.62. The molecule has 12 heteroatoms. The highest BCUT2D eigenvalue weighted by molar-refractivity contribution is 5.99. The first-order chi connectivity index (χ1) is 16.6. The summed E-state index contributed by atoms with van der Waals surface area (Å²) in [5, 5.41) is 8.94. The Kier molecular flexibility index (Phi) is 8.66. The smallest absolute Gasteiger partial charge is 0.266 e. The number of pyridine rings is 1. The Balaban J connectivity index is 0.00000361. The standard InChI is InChI=1S/C24H27F5N4O2.ClH/c1-13(15-3-2-4-16(20(15)25)21(26)27)31-22(35)17-12-33(24(7-8-24)23(28)29)19(34)11-18(17)32-14-5-9-30-10-6-14;/h2-4,11-14,21,23,30,32H,5-10H2,1H3,(H,31,35);1H. The molecule has 0 spiro atoms. The molecule has 4 rings (SSSR count). The zero-order valence-electron chi connectivity index (χ0n) is 19.5. The normalized spacial score (nSPS) is 18.0. The molecule has 1 aliphatic heterocycles. The van der Waals surface area contributed by atoms with Crippen molar-refractivity contribution in [3.63, 3.8) is 0 Å². The van der Waals surface area contributed by atoms with Crippen molar-refractivity contribution in [3.8, 4) is 0 Å². The summed E-state index contributed by atoms with van der Waals surface area (Å²) in [6.45, 7) is 2.91. The van der Waals surface area contributed by atoms with Crippen molar-refractivity contribution in [1.82, 2.24) is 15.2 Å². The summed E-state index contributed by atoms with van der Waals surface area (Å²) in [7, 11) is 0. The molecule has 1 atom stereocenters. The Hall–Kier alpha value is -2.66. The minimum atomic E-state index is -3.02. The van der Waals surface area contributed by atoms with E-state index in [2.05, 4.69) is 16.0 Å². The molecule has 1 unspecified atom stereocenters. The predicted molar refractivity (Wildman–Crippen MR) is 128 cm³/mol. The molecule has 2 fully saturated rings. The van der Waals surface area contributed by atoms with E-state index in [0.29, 0.717) is 0 Å². The van der Waals surface area contributed by atoms with Crippen LogP contribution in [0.15, 0.2) is 35.3 Å². The average Bonchev–Trinajstić information content (AvgIpc) is 3.61. The fourth-order valence-corrected chi connectivity index (χ4v) is 4.48. The number of anilines is 1. The number of piperidine rings is 1. The van der Waals surface area contributed by atoms with Crippen molar-refractivity contribution in [1.29, 1.82) is 0 Å². The number of alkyl halides is 4. The number of amides is 1. The van der Waals surface area contributed by atoms with Gasteiger partial charge in [0.15, 0.2) is 0 Å². The summed E-state index contributed by atoms with van der Waals surface area (Å²) in [5.41, 5.74) is -3.08. The molecule has 6 nitrogen and oxygen atoms in total. The van der Waals surface area contributed by atoms with E-state index in [-0.39, 0.29) is 48.1 Å². The van der Waals surface area contributed by atoms with Crippen molar-refractivity contribution in [2.45, 2.75) is 63.1 Å². The third kappa shape index (κ3) is 5.51. The number of hydrogen-bond acceptors (Lipinski definition) is 4. The van der Waals surface area contributed by atoms with Crippen LogP contribution in [-0.2, 0) is 5.54 Å². The molecule has 0 radical (unpaired) electrons. The number of halogens is 6. The fourth-order valence-electron chi connectivity index (χ4n) is 4.48. The van der Waals surface area contributed by atoms with Crippen molar-refractivity contribution in [3.05, 3.63) is 63.3 Å². The van der Waals surface area contributed by atoms with E-state index in [0.717, 1.165) is 48.8 Å². The summed E-state index contributed by atoms with van der Waals surface area (Å²) in [4.78, 5) is 26.0. The lowest BCUT2D eigenvalue weighted by atomic mass is 10.0. The van der Waals surface area contributed by atoms with Crippen LogP contribution < -0.4 is 21.5 Å². The molecule has 0 bridgehead atoms. The van der Waals surface area contributed by atoms with E-state index >= 15 is 0 Å². The molecule has 1 amide bonds. The summed E-state index contributed by atoms with van der Waals surface area (Å²) in [5.74, 6) is -1.86. The van der Waals surface area contributed by atoms with Crippen LogP contribution in [0.5, 0.6) is 0 Å². The first kappa shape index (κ1) is 27.9. The van der Waals surface area contributed by atoms with E-state index in [4.69, 9.17) is 0 Å². The van der Waals surface area contributed by atoms with Gasteiger partial charge in [-0.2, -0.15) is 0 Å². The molecule has 2 aliphatic rings. The quantitative estimate of drug-likeness (QED) is 0.427. The zero-order chi connectivity index (χ0) is 25.3. The van der Waals surface area contributed by atoms with Crippen LogP contribution in [-0.4, -0.2) is 36.0 Å². The Labute approximate surface area is 211 Å². The van der Waals surface area contributed by atoms with Gasteiger partial charge in [-0.25, -0.2) is 22.0 Å². The fraction of sp³-hybridized carbons (Fsp3) is 0.500. The van der Waals surface area contributed by atoms with Gasteiger partial charge >= 0.3 is 0 Å². The molecule has 2 aromatic rings. The number of nitrogens with zero attached hydrogens (tertiary/aromatic N) is 1. The predicted octanol–water partition coefficient (Wildman–Crippen LogP) is 4.76. The summed E-state index contributed by atoms with van der Waals surface area (Å²) >= 11 is 0. The van der Waals surface area contributed by atoms with E-state index in [1.54, 1.807) is 0 Å². The number of carbonyl (C=O) groups is 1. The maximum atomic E-state index is 14.6. The minimum absolute atomic E-state index is 0. The highest BCUT2D eigenvalue weighted by Crippen LogP contribution is 2.48. The van der Waals surface area contributed by atoms with E-state index in [1.807, 2.05) is 0 Å². The molecule has 3 N–H and O–H groups in total. The maximum Gasteiger partial charge on any atom is 0.266 e. The molecular formula is C24H28ClF5N4O2. The second kappa shape index (κ2) is 11.2. The number of rotatable bonds is 8. The lowest BCUT2D eigenvalue weighted by Crippen LogP contribution is -2.39. The number of carbonyl (C=O) groups excluding carboxylic acids is 1. The summed E-state index contributed by atoms with van der Waals surface area (Å²) in [6.07, 6.45) is -3.02. The molecule has 1 aliphatic carbocycles. The first-order valence-corrected chi connectivity index (χ1v) is 11.5. The van der Waals surface area contributed by atoms with Gasteiger partial charge in [0.2, 0.25) is 0 Å². The van der Waals surface area contributed by atoms with Gasteiger partial charge in [-0.05, 0) is 45.7 Å². The van der Waals surface area contributed by atoms with Crippen molar-refractivity contribution >= 4 is 24.0 Å². The summed E-state index contributed by atoms with van der Waals surface area (Å²) < 4.78 is 69.2. The molecular weight excluding hydrogens is 507 g/mol. The maximum absolute atomic E-state index is 14.6. The van der Waals surface area contributed by atoms with Crippen LogP contribution in [0.3, 0.4) is 0 Å². The number of aromatic nitrogens is 1. The minimum Gasteiger partial charge on any atom is -0.381 e. The van der Waals surface area contributed by atoms with Gasteiger partial charge < -0.3 is 20.5 Å². The van der Waals surface area contributed by atoms with Gasteiger partial charge in [0.25, 0.3) is 24.3 Å². The van der Waals surface area contributed by atoms with E-state index in [9.17, 15) is 31.5 Å². The van der Waals surface area contributed by atoms with Gasteiger partial charge in [0.1, 0.15) is 11.4 Å². The SMILES string of the molecule is CC(NC(=O)c1cn(C2(C(F)F)CC2)c(=O)cc1NC1CCNCC1)c1cccc(C(F)F)c1F.Cl. The Morgan fingerprint density at radius 1 is 1.14 bits per heavy atom. The van der Waals surface area contributed by atoms with Crippen molar-refractivity contribution in [2.24, 2.45) is 0 Å². The second-order valence-corrected chi connectivity index (χ2v) is 9.13. The van der Waals surface area contributed by atoms with Gasteiger partial charge in [-0.15, -0.1) is 12.4 Å². The van der Waals surface area contributed by atoms with Gasteiger partial charge in [-0.3, -0.25) is 9.59 Å². The van der Waals surface area contributed by atoms with Crippen LogP contribution in [0.25, 0.3) is 0 Å². The molecule has 1 aromatic carbocycles. The molecule has 1 saturated carbocycles. The van der Waals surface area contributed by atoms with Gasteiger partial charge in [0.05, 0.1) is 22.9 Å². The molecule has 1 saturated heterocycles. The number of benzene rings is 1. The zero-order valence-corrected chi connectivity index (χ0v) is 20.3. The monoisotopic (exact) mass is 534 g/mol. The lowest BCUT2D eigenvalue weighted by molar-refractivity contribution is 0.0648. The Morgan fingerprint density at radius 2 is 1.78 bits per heavy atom. The molecule has 36 heavy (non-hydrogen) atoms. The Morgan fingerprint density at radius 3 is 2.36 bits per heavy atom. The first-order valence-electron chi connectivity index (χ1n) is 11.5. The van der Waals surface area contributed by atoms with Crippen LogP contribution in [0, 0.1) is 5.82 Å². The highest BCUT2D eigenvalue weighted by Gasteiger charge is 2.53. The number of hydrogen-bond donors (Lipinski definition) is 3. The third-order valence-electron chi connectivity index (χ3n) is 6.75. The highest BCUT2D eigenvalue weighted by atomic mass is 35.5. The van der Waals surface area contributed by atoms with Crippen molar-refractivity contribution in [2.75, 3.05) is 18.4 Å². The second-order valence-electron chi connectivity index (χ2n) is 9.13. The number of nitrogens with one attached hydrogen (secondary N) is 3.